The van der Waals surface area contributed by atoms with Crippen molar-refractivity contribution < 1.29 is 15.0 Å². The Bertz CT molecular complexity index is 502. The Hall–Kier alpha value is -1.62. The van der Waals surface area contributed by atoms with Crippen LogP contribution in [0.25, 0.3) is 0 Å². The fourth-order valence-corrected chi connectivity index (χ4v) is 3.03. The van der Waals surface area contributed by atoms with Crippen molar-refractivity contribution in [3.05, 3.63) is 22.9 Å². The number of aromatic carboxylic acids is 1. The minimum atomic E-state index is -0.919. The molecule has 1 aliphatic heterocycles. The SMILES string of the molecule is Cc1cc(C)c(C(=O)O)c(N2CCCC2CCCO)n1. The molecule has 0 saturated carbocycles. The van der Waals surface area contributed by atoms with E-state index in [1.54, 1.807) is 0 Å². The van der Waals surface area contributed by atoms with Crippen LogP contribution in [0.5, 0.6) is 0 Å². The lowest BCUT2D eigenvalue weighted by Crippen LogP contribution is -2.32. The summed E-state index contributed by atoms with van der Waals surface area (Å²) in [5.41, 5.74) is 1.91. The van der Waals surface area contributed by atoms with Gasteiger partial charge in [0.05, 0.1) is 0 Å². The Balaban J connectivity index is 2.37. The molecule has 1 fully saturated rings. The Labute approximate surface area is 119 Å². The first kappa shape index (κ1) is 14.8. The van der Waals surface area contributed by atoms with E-state index in [0.717, 1.165) is 43.5 Å². The molecule has 5 heteroatoms. The van der Waals surface area contributed by atoms with E-state index in [-0.39, 0.29) is 12.6 Å². The second-order valence-corrected chi connectivity index (χ2v) is 5.44. The van der Waals surface area contributed by atoms with E-state index in [1.165, 1.54) is 0 Å². The van der Waals surface area contributed by atoms with E-state index in [0.29, 0.717) is 11.4 Å². The van der Waals surface area contributed by atoms with Crippen LogP contribution in [0, 0.1) is 13.8 Å². The summed E-state index contributed by atoms with van der Waals surface area (Å²) in [5.74, 6) is -0.326. The third-order valence-corrected chi connectivity index (χ3v) is 3.88. The van der Waals surface area contributed by atoms with Gasteiger partial charge in [-0.05, 0) is 51.2 Å². The zero-order valence-corrected chi connectivity index (χ0v) is 12.1. The fraction of sp³-hybridized carbons (Fsp3) is 0.600. The summed E-state index contributed by atoms with van der Waals surface area (Å²) in [7, 11) is 0. The maximum absolute atomic E-state index is 11.5. The van der Waals surface area contributed by atoms with Crippen LogP contribution in [0.1, 0.15) is 47.3 Å². The minimum absolute atomic E-state index is 0.177. The lowest BCUT2D eigenvalue weighted by atomic mass is 10.1. The molecule has 1 aromatic rings. The second-order valence-electron chi connectivity index (χ2n) is 5.44. The van der Waals surface area contributed by atoms with Gasteiger partial charge < -0.3 is 15.1 Å². The minimum Gasteiger partial charge on any atom is -0.478 e. The zero-order chi connectivity index (χ0) is 14.7. The monoisotopic (exact) mass is 278 g/mol. The van der Waals surface area contributed by atoms with Gasteiger partial charge in [0.2, 0.25) is 0 Å². The lowest BCUT2D eigenvalue weighted by Gasteiger charge is -2.27. The van der Waals surface area contributed by atoms with Crippen LogP contribution in [-0.2, 0) is 0 Å². The Morgan fingerprint density at radius 3 is 2.90 bits per heavy atom. The number of aliphatic hydroxyl groups excluding tert-OH is 1. The predicted molar refractivity (Wildman–Crippen MR) is 77.4 cm³/mol. The van der Waals surface area contributed by atoms with Crippen LogP contribution < -0.4 is 4.90 Å². The number of hydrogen-bond acceptors (Lipinski definition) is 4. The molecule has 2 N–H and O–H groups in total. The molecule has 1 aliphatic rings. The molecule has 1 saturated heterocycles. The van der Waals surface area contributed by atoms with Crippen LogP contribution in [0.2, 0.25) is 0 Å². The Morgan fingerprint density at radius 2 is 2.25 bits per heavy atom. The van der Waals surface area contributed by atoms with Crippen LogP contribution >= 0.6 is 0 Å². The van der Waals surface area contributed by atoms with Crippen molar-refractivity contribution in [1.82, 2.24) is 4.98 Å². The maximum atomic E-state index is 11.5. The third-order valence-electron chi connectivity index (χ3n) is 3.88. The van der Waals surface area contributed by atoms with E-state index in [9.17, 15) is 9.90 Å². The first-order valence-corrected chi connectivity index (χ1v) is 7.13. The highest BCUT2D eigenvalue weighted by Crippen LogP contribution is 2.31. The zero-order valence-electron chi connectivity index (χ0n) is 12.1. The van der Waals surface area contributed by atoms with Gasteiger partial charge >= 0.3 is 5.97 Å². The van der Waals surface area contributed by atoms with E-state index in [2.05, 4.69) is 9.88 Å². The number of hydrogen-bond donors (Lipinski definition) is 2. The molecule has 1 atom stereocenters. The number of anilines is 1. The van der Waals surface area contributed by atoms with Gasteiger partial charge in [0, 0.05) is 24.9 Å². The molecule has 1 aromatic heterocycles. The van der Waals surface area contributed by atoms with Gasteiger partial charge in [-0.2, -0.15) is 0 Å². The van der Waals surface area contributed by atoms with E-state index >= 15 is 0 Å². The number of pyridine rings is 1. The first-order chi connectivity index (χ1) is 9.54. The number of aromatic nitrogens is 1. The highest BCUT2D eigenvalue weighted by Gasteiger charge is 2.29. The van der Waals surface area contributed by atoms with Crippen molar-refractivity contribution in [1.29, 1.82) is 0 Å². The van der Waals surface area contributed by atoms with E-state index in [4.69, 9.17) is 5.11 Å². The van der Waals surface area contributed by atoms with Crippen molar-refractivity contribution in [3.63, 3.8) is 0 Å². The number of carboxylic acid groups (broad SMARTS) is 1. The Kier molecular flexibility index (Phi) is 4.60. The highest BCUT2D eigenvalue weighted by molar-refractivity contribution is 5.95. The average Bonchev–Trinajstić information content (AvgIpc) is 2.82. The van der Waals surface area contributed by atoms with Crippen LogP contribution in [-0.4, -0.2) is 40.4 Å². The number of aliphatic hydroxyl groups is 1. The van der Waals surface area contributed by atoms with Gasteiger partial charge in [0.25, 0.3) is 0 Å². The van der Waals surface area contributed by atoms with E-state index in [1.807, 2.05) is 19.9 Å². The fourth-order valence-electron chi connectivity index (χ4n) is 3.03. The van der Waals surface area contributed by atoms with Gasteiger partial charge in [-0.1, -0.05) is 0 Å². The number of nitrogens with zero attached hydrogens (tertiary/aromatic N) is 2. The summed E-state index contributed by atoms with van der Waals surface area (Å²) in [4.78, 5) is 18.1. The summed E-state index contributed by atoms with van der Waals surface area (Å²) >= 11 is 0. The summed E-state index contributed by atoms with van der Waals surface area (Å²) in [5, 5.41) is 18.4. The van der Waals surface area contributed by atoms with Crippen LogP contribution in [0.4, 0.5) is 5.82 Å². The van der Waals surface area contributed by atoms with Gasteiger partial charge in [-0.15, -0.1) is 0 Å². The topological polar surface area (TPSA) is 73.7 Å². The van der Waals surface area contributed by atoms with Crippen LogP contribution in [0.15, 0.2) is 6.07 Å². The number of carboxylic acids is 1. The highest BCUT2D eigenvalue weighted by atomic mass is 16.4. The van der Waals surface area contributed by atoms with Crippen molar-refractivity contribution >= 4 is 11.8 Å². The standard InChI is InChI=1S/C15H22N2O3/c1-10-9-11(2)16-14(13(10)15(19)20)17-7-3-5-12(17)6-4-8-18/h9,12,18H,3-8H2,1-2H3,(H,19,20). The molecule has 0 amide bonds. The lowest BCUT2D eigenvalue weighted by molar-refractivity contribution is 0.0696. The number of rotatable bonds is 5. The molecule has 110 valence electrons. The normalized spacial score (nSPS) is 18.6. The van der Waals surface area contributed by atoms with Crippen molar-refractivity contribution in [2.45, 2.75) is 45.6 Å². The first-order valence-electron chi connectivity index (χ1n) is 7.13. The molecule has 5 nitrogen and oxygen atoms in total. The average molecular weight is 278 g/mol. The van der Waals surface area contributed by atoms with Crippen molar-refractivity contribution in [2.75, 3.05) is 18.1 Å². The van der Waals surface area contributed by atoms with Crippen molar-refractivity contribution in [3.8, 4) is 0 Å². The van der Waals surface area contributed by atoms with Gasteiger partial charge in [0.1, 0.15) is 11.4 Å². The van der Waals surface area contributed by atoms with E-state index < -0.39 is 5.97 Å². The summed E-state index contributed by atoms with van der Waals surface area (Å²) < 4.78 is 0. The molecular weight excluding hydrogens is 256 g/mol. The molecule has 0 aliphatic carbocycles. The van der Waals surface area contributed by atoms with Crippen molar-refractivity contribution in [2.24, 2.45) is 0 Å². The molecule has 0 bridgehead atoms. The second kappa shape index (κ2) is 6.22. The molecular formula is C15H22N2O3. The van der Waals surface area contributed by atoms with Crippen LogP contribution in [0.3, 0.4) is 0 Å². The van der Waals surface area contributed by atoms with Gasteiger partial charge in [0.15, 0.2) is 0 Å². The number of carbonyl (C=O) groups is 1. The summed E-state index contributed by atoms with van der Waals surface area (Å²) in [6.07, 6.45) is 3.70. The van der Waals surface area contributed by atoms with Gasteiger partial charge in [-0.25, -0.2) is 9.78 Å². The summed E-state index contributed by atoms with van der Waals surface area (Å²) in [6, 6.07) is 2.10. The molecule has 1 unspecified atom stereocenters. The third kappa shape index (κ3) is 2.93. The smallest absolute Gasteiger partial charge is 0.339 e. The molecule has 0 aromatic carbocycles. The molecule has 20 heavy (non-hydrogen) atoms. The maximum Gasteiger partial charge on any atom is 0.339 e. The molecule has 2 rings (SSSR count). The molecule has 0 radical (unpaired) electrons. The quantitative estimate of drug-likeness (QED) is 0.863. The molecule has 0 spiro atoms. The summed E-state index contributed by atoms with van der Waals surface area (Å²) in [6.45, 7) is 4.73. The predicted octanol–water partition coefficient (Wildman–Crippen LogP) is 2.14. The Morgan fingerprint density at radius 1 is 1.50 bits per heavy atom. The number of aryl methyl sites for hydroxylation is 2. The molecule has 2 heterocycles. The largest absolute Gasteiger partial charge is 0.478 e. The van der Waals surface area contributed by atoms with Gasteiger partial charge in [-0.3, -0.25) is 0 Å².